The van der Waals surface area contributed by atoms with Gasteiger partial charge in [-0.1, -0.05) is 0 Å². The molecule has 2 unspecified atom stereocenters. The van der Waals surface area contributed by atoms with Gasteiger partial charge in [0.15, 0.2) is 0 Å². The van der Waals surface area contributed by atoms with Crippen LogP contribution < -0.4 is 19.7 Å². The average Bonchev–Trinajstić information content (AvgIpc) is 3.03. The van der Waals surface area contributed by atoms with Crippen LogP contribution in [0.2, 0.25) is 0 Å². The fourth-order valence-corrected chi connectivity index (χ4v) is 3.89. The van der Waals surface area contributed by atoms with Crippen LogP contribution in [0.5, 0.6) is 11.5 Å². The summed E-state index contributed by atoms with van der Waals surface area (Å²) in [6.45, 7) is 3.88. The van der Waals surface area contributed by atoms with Gasteiger partial charge < -0.3 is 19.7 Å². The summed E-state index contributed by atoms with van der Waals surface area (Å²) in [5, 5.41) is 3.45. The van der Waals surface area contributed by atoms with Gasteiger partial charge in [0.1, 0.15) is 11.5 Å². The van der Waals surface area contributed by atoms with Crippen LogP contribution in [-0.2, 0) is 4.79 Å². The fourth-order valence-electron chi connectivity index (χ4n) is 3.89. The van der Waals surface area contributed by atoms with Crippen LogP contribution >= 0.6 is 0 Å². The molecule has 0 spiro atoms. The SMILES string of the molecule is COc1cc(OC)cc(N2CCC(N(C)CC3CCCNC3)C2=O)c1. The second-order valence-electron chi connectivity index (χ2n) is 7.02. The van der Waals surface area contributed by atoms with E-state index < -0.39 is 0 Å². The Hall–Kier alpha value is -1.79. The molecule has 3 rings (SSSR count). The maximum absolute atomic E-state index is 13.0. The van der Waals surface area contributed by atoms with E-state index in [2.05, 4.69) is 17.3 Å². The number of hydrogen-bond acceptors (Lipinski definition) is 5. The predicted octanol–water partition coefficient (Wildman–Crippen LogP) is 1.74. The standard InChI is InChI=1S/C19H29N3O3/c1-21(13-14-5-4-7-20-12-14)18-6-8-22(19(18)23)15-9-16(24-2)11-17(10-15)25-3/h9-11,14,18,20H,4-8,12-13H2,1-3H3. The Bertz CT molecular complexity index is 579. The average molecular weight is 347 g/mol. The molecule has 2 heterocycles. The molecule has 2 saturated heterocycles. The quantitative estimate of drug-likeness (QED) is 0.850. The van der Waals surface area contributed by atoms with Gasteiger partial charge in [-0.3, -0.25) is 9.69 Å². The minimum absolute atomic E-state index is 0.0425. The third kappa shape index (κ3) is 4.07. The summed E-state index contributed by atoms with van der Waals surface area (Å²) in [4.78, 5) is 17.1. The fraction of sp³-hybridized carbons (Fsp3) is 0.632. The summed E-state index contributed by atoms with van der Waals surface area (Å²) >= 11 is 0. The number of ether oxygens (including phenoxy) is 2. The minimum Gasteiger partial charge on any atom is -0.497 e. The molecule has 0 radical (unpaired) electrons. The first-order valence-electron chi connectivity index (χ1n) is 9.07. The van der Waals surface area contributed by atoms with Crippen LogP contribution in [-0.4, -0.2) is 64.3 Å². The van der Waals surface area contributed by atoms with E-state index in [1.54, 1.807) is 14.2 Å². The number of piperidine rings is 1. The van der Waals surface area contributed by atoms with Gasteiger partial charge in [-0.25, -0.2) is 0 Å². The number of hydrogen-bond donors (Lipinski definition) is 1. The van der Waals surface area contributed by atoms with E-state index in [9.17, 15) is 4.79 Å². The van der Waals surface area contributed by atoms with Gasteiger partial charge in [-0.15, -0.1) is 0 Å². The zero-order valence-electron chi connectivity index (χ0n) is 15.5. The molecule has 2 aliphatic rings. The number of carbonyl (C=O) groups excluding carboxylic acids is 1. The van der Waals surface area contributed by atoms with Gasteiger partial charge in [0.05, 0.1) is 25.9 Å². The number of likely N-dealkylation sites (N-methyl/N-ethyl adjacent to an activating group) is 1. The summed E-state index contributed by atoms with van der Waals surface area (Å²) in [5.41, 5.74) is 0.844. The molecule has 25 heavy (non-hydrogen) atoms. The molecule has 1 N–H and O–H groups in total. The first-order chi connectivity index (χ1) is 12.1. The third-order valence-electron chi connectivity index (χ3n) is 5.30. The summed E-state index contributed by atoms with van der Waals surface area (Å²) in [6.07, 6.45) is 3.33. The Morgan fingerprint density at radius 3 is 2.52 bits per heavy atom. The van der Waals surface area contributed by atoms with Gasteiger partial charge in [-0.2, -0.15) is 0 Å². The molecule has 0 aliphatic carbocycles. The van der Waals surface area contributed by atoms with Crippen molar-refractivity contribution in [2.75, 3.05) is 52.3 Å². The molecule has 2 atom stereocenters. The highest BCUT2D eigenvalue weighted by atomic mass is 16.5. The van der Waals surface area contributed by atoms with Gasteiger partial charge in [0.2, 0.25) is 5.91 Å². The highest BCUT2D eigenvalue weighted by Crippen LogP contribution is 2.32. The molecule has 0 bridgehead atoms. The van der Waals surface area contributed by atoms with E-state index >= 15 is 0 Å². The van der Waals surface area contributed by atoms with Crippen LogP contribution in [0.25, 0.3) is 0 Å². The molecule has 2 fully saturated rings. The zero-order valence-corrected chi connectivity index (χ0v) is 15.5. The Balaban J connectivity index is 1.68. The van der Waals surface area contributed by atoms with E-state index in [1.165, 1.54) is 12.8 Å². The van der Waals surface area contributed by atoms with Crippen LogP contribution in [0.3, 0.4) is 0 Å². The summed E-state index contributed by atoms with van der Waals surface area (Å²) in [7, 11) is 5.32. The van der Waals surface area contributed by atoms with E-state index in [0.717, 1.165) is 38.3 Å². The van der Waals surface area contributed by atoms with Crippen LogP contribution in [0.15, 0.2) is 18.2 Å². The lowest BCUT2D eigenvalue weighted by Crippen LogP contribution is -2.44. The highest BCUT2D eigenvalue weighted by Gasteiger charge is 2.36. The number of nitrogens with zero attached hydrogens (tertiary/aromatic N) is 2. The molecule has 6 heteroatoms. The number of rotatable bonds is 6. The number of nitrogens with one attached hydrogen (secondary N) is 1. The molecule has 0 aromatic heterocycles. The molecule has 0 saturated carbocycles. The number of methoxy groups -OCH3 is 2. The lowest BCUT2D eigenvalue weighted by atomic mass is 9.98. The van der Waals surface area contributed by atoms with Crippen molar-refractivity contribution in [3.63, 3.8) is 0 Å². The number of amides is 1. The van der Waals surface area contributed by atoms with Crippen molar-refractivity contribution >= 4 is 11.6 Å². The smallest absolute Gasteiger partial charge is 0.244 e. The molecule has 1 amide bonds. The third-order valence-corrected chi connectivity index (χ3v) is 5.30. The minimum atomic E-state index is -0.0425. The second kappa shape index (κ2) is 8.06. The van der Waals surface area contributed by atoms with Crippen molar-refractivity contribution in [1.82, 2.24) is 10.2 Å². The molecular formula is C19H29N3O3. The Labute approximate surface area is 150 Å². The normalized spacial score (nSPS) is 24.0. The molecule has 138 valence electrons. The van der Waals surface area contributed by atoms with Gasteiger partial charge in [0, 0.05) is 31.3 Å². The van der Waals surface area contributed by atoms with Crippen molar-refractivity contribution in [1.29, 1.82) is 0 Å². The number of anilines is 1. The van der Waals surface area contributed by atoms with Crippen LogP contribution in [0, 0.1) is 5.92 Å². The van der Waals surface area contributed by atoms with Gasteiger partial charge in [0.25, 0.3) is 0 Å². The summed E-state index contributed by atoms with van der Waals surface area (Å²) in [5.74, 6) is 2.21. The number of benzene rings is 1. The van der Waals surface area contributed by atoms with Crippen LogP contribution in [0.1, 0.15) is 19.3 Å². The molecule has 6 nitrogen and oxygen atoms in total. The molecule has 1 aromatic rings. The Morgan fingerprint density at radius 2 is 1.92 bits per heavy atom. The lowest BCUT2D eigenvalue weighted by Gasteiger charge is -2.30. The Morgan fingerprint density at radius 1 is 1.20 bits per heavy atom. The van der Waals surface area contributed by atoms with Crippen LogP contribution in [0.4, 0.5) is 5.69 Å². The second-order valence-corrected chi connectivity index (χ2v) is 7.02. The molecular weight excluding hydrogens is 318 g/mol. The highest BCUT2D eigenvalue weighted by molar-refractivity contribution is 5.99. The van der Waals surface area contributed by atoms with Crippen molar-refractivity contribution in [3.05, 3.63) is 18.2 Å². The maximum Gasteiger partial charge on any atom is 0.244 e. The lowest BCUT2D eigenvalue weighted by molar-refractivity contribution is -0.121. The van der Waals surface area contributed by atoms with E-state index in [4.69, 9.17) is 9.47 Å². The van der Waals surface area contributed by atoms with E-state index in [-0.39, 0.29) is 11.9 Å². The maximum atomic E-state index is 13.0. The van der Waals surface area contributed by atoms with E-state index in [1.807, 2.05) is 23.1 Å². The van der Waals surface area contributed by atoms with Crippen molar-refractivity contribution in [2.45, 2.75) is 25.3 Å². The first kappa shape index (κ1) is 18.0. The molecule has 1 aromatic carbocycles. The van der Waals surface area contributed by atoms with Crippen molar-refractivity contribution in [3.8, 4) is 11.5 Å². The summed E-state index contributed by atoms with van der Waals surface area (Å²) in [6, 6.07) is 5.57. The largest absolute Gasteiger partial charge is 0.497 e. The van der Waals surface area contributed by atoms with Gasteiger partial charge in [-0.05, 0) is 45.3 Å². The summed E-state index contributed by atoms with van der Waals surface area (Å²) < 4.78 is 10.7. The monoisotopic (exact) mass is 347 g/mol. The van der Waals surface area contributed by atoms with Crippen molar-refractivity contribution in [2.24, 2.45) is 5.92 Å². The van der Waals surface area contributed by atoms with E-state index in [0.29, 0.717) is 17.4 Å². The predicted molar refractivity (Wildman–Crippen MR) is 98.5 cm³/mol. The van der Waals surface area contributed by atoms with Gasteiger partial charge >= 0.3 is 0 Å². The Kier molecular flexibility index (Phi) is 5.81. The number of carbonyl (C=O) groups is 1. The first-order valence-corrected chi connectivity index (χ1v) is 9.07. The van der Waals surface area contributed by atoms with Crippen molar-refractivity contribution < 1.29 is 14.3 Å². The zero-order chi connectivity index (χ0) is 17.8. The molecule has 2 aliphatic heterocycles. The topological polar surface area (TPSA) is 54.0 Å².